The molecular formula is C21H24BrN3OS. The SMILES string of the molecule is CCc1ccc(N2CCC(CCOc3nc4ccc(Br)nc4s3)CC2)cc1. The van der Waals surface area contributed by atoms with Crippen LogP contribution in [0.5, 0.6) is 5.19 Å². The van der Waals surface area contributed by atoms with Crippen LogP contribution in [-0.2, 0) is 6.42 Å². The predicted octanol–water partition coefficient (Wildman–Crippen LogP) is 5.70. The molecule has 4 nitrogen and oxygen atoms in total. The number of nitrogens with zero attached hydrogens (tertiary/aromatic N) is 3. The molecule has 0 saturated carbocycles. The largest absolute Gasteiger partial charge is 0.470 e. The van der Waals surface area contributed by atoms with Crippen LogP contribution >= 0.6 is 27.3 Å². The van der Waals surface area contributed by atoms with Gasteiger partial charge in [-0.25, -0.2) is 9.97 Å². The molecule has 0 unspecified atom stereocenters. The Labute approximate surface area is 172 Å². The van der Waals surface area contributed by atoms with E-state index >= 15 is 0 Å². The van der Waals surface area contributed by atoms with Crippen molar-refractivity contribution in [3.05, 3.63) is 46.6 Å². The second kappa shape index (κ2) is 8.57. The van der Waals surface area contributed by atoms with Gasteiger partial charge < -0.3 is 9.64 Å². The molecule has 1 aliphatic heterocycles. The molecule has 0 spiro atoms. The number of anilines is 1. The quantitative estimate of drug-likeness (QED) is 0.455. The number of piperidine rings is 1. The third kappa shape index (κ3) is 4.61. The summed E-state index contributed by atoms with van der Waals surface area (Å²) in [5.74, 6) is 0.734. The van der Waals surface area contributed by atoms with Crippen LogP contribution in [0, 0.1) is 5.92 Å². The van der Waals surface area contributed by atoms with Gasteiger partial charge in [-0.1, -0.05) is 30.4 Å². The maximum Gasteiger partial charge on any atom is 0.275 e. The molecule has 142 valence electrons. The van der Waals surface area contributed by atoms with Gasteiger partial charge in [-0.2, -0.15) is 0 Å². The Morgan fingerprint density at radius 1 is 1.11 bits per heavy atom. The molecule has 4 rings (SSSR count). The Morgan fingerprint density at radius 2 is 1.89 bits per heavy atom. The summed E-state index contributed by atoms with van der Waals surface area (Å²) in [5, 5.41) is 0.726. The van der Waals surface area contributed by atoms with Crippen LogP contribution in [-0.4, -0.2) is 29.7 Å². The zero-order valence-corrected chi connectivity index (χ0v) is 17.9. The van der Waals surface area contributed by atoms with Crippen LogP contribution in [0.2, 0.25) is 0 Å². The molecule has 0 atom stereocenters. The molecule has 0 aliphatic carbocycles. The van der Waals surface area contributed by atoms with Gasteiger partial charge in [0.05, 0.1) is 6.61 Å². The van der Waals surface area contributed by atoms with E-state index in [1.165, 1.54) is 35.4 Å². The van der Waals surface area contributed by atoms with Crippen molar-refractivity contribution in [2.75, 3.05) is 24.6 Å². The predicted molar refractivity (Wildman–Crippen MR) is 116 cm³/mol. The number of thiazole rings is 1. The van der Waals surface area contributed by atoms with E-state index in [1.54, 1.807) is 0 Å². The van der Waals surface area contributed by atoms with Gasteiger partial charge in [0.2, 0.25) is 0 Å². The molecule has 0 amide bonds. The third-order valence-electron chi connectivity index (χ3n) is 5.28. The molecule has 1 saturated heterocycles. The highest BCUT2D eigenvalue weighted by Gasteiger charge is 2.19. The number of pyridine rings is 1. The van der Waals surface area contributed by atoms with E-state index in [9.17, 15) is 0 Å². The highest BCUT2D eigenvalue weighted by Crippen LogP contribution is 2.29. The third-order valence-corrected chi connectivity index (χ3v) is 6.60. The standard InChI is InChI=1S/C21H24BrN3OS/c1-2-15-3-5-17(6-4-15)25-12-9-16(10-13-25)11-14-26-21-23-18-7-8-19(22)24-20(18)27-21/h3-8,16H,2,9-14H2,1H3. The number of aryl methyl sites for hydroxylation is 1. The van der Waals surface area contributed by atoms with Crippen molar-refractivity contribution in [2.45, 2.75) is 32.6 Å². The van der Waals surface area contributed by atoms with Gasteiger partial charge in [0.25, 0.3) is 5.19 Å². The molecule has 3 aromatic rings. The number of halogens is 1. The molecule has 0 bridgehead atoms. The number of aromatic nitrogens is 2. The van der Waals surface area contributed by atoms with Crippen LogP contribution < -0.4 is 9.64 Å². The first-order valence-electron chi connectivity index (χ1n) is 9.61. The summed E-state index contributed by atoms with van der Waals surface area (Å²) in [6.07, 6.45) is 4.65. The van der Waals surface area contributed by atoms with E-state index < -0.39 is 0 Å². The van der Waals surface area contributed by atoms with E-state index in [4.69, 9.17) is 4.74 Å². The summed E-state index contributed by atoms with van der Waals surface area (Å²) in [6, 6.07) is 12.9. The monoisotopic (exact) mass is 445 g/mol. The number of rotatable bonds is 6. The van der Waals surface area contributed by atoms with Gasteiger partial charge in [-0.05, 0) is 77.4 Å². The van der Waals surface area contributed by atoms with Crippen molar-refractivity contribution in [3.63, 3.8) is 0 Å². The number of benzene rings is 1. The van der Waals surface area contributed by atoms with Crippen LogP contribution in [0.3, 0.4) is 0 Å². The minimum atomic E-state index is 0.726. The van der Waals surface area contributed by atoms with Gasteiger partial charge in [0.15, 0.2) is 0 Å². The van der Waals surface area contributed by atoms with Crippen molar-refractivity contribution >= 4 is 43.3 Å². The van der Waals surface area contributed by atoms with E-state index in [-0.39, 0.29) is 0 Å². The lowest BCUT2D eigenvalue weighted by atomic mass is 9.93. The minimum Gasteiger partial charge on any atom is -0.470 e. The Morgan fingerprint density at radius 3 is 2.63 bits per heavy atom. The molecule has 1 fully saturated rings. The summed E-state index contributed by atoms with van der Waals surface area (Å²) in [6.45, 7) is 5.20. The lowest BCUT2D eigenvalue weighted by molar-refractivity contribution is 0.258. The van der Waals surface area contributed by atoms with E-state index in [2.05, 4.69) is 62.0 Å². The zero-order chi connectivity index (χ0) is 18.6. The van der Waals surface area contributed by atoms with Crippen molar-refractivity contribution in [3.8, 4) is 5.19 Å². The molecule has 0 N–H and O–H groups in total. The highest BCUT2D eigenvalue weighted by atomic mass is 79.9. The molecule has 1 aromatic carbocycles. The lowest BCUT2D eigenvalue weighted by Crippen LogP contribution is -2.34. The maximum absolute atomic E-state index is 5.91. The number of ether oxygens (including phenoxy) is 1. The summed E-state index contributed by atoms with van der Waals surface area (Å²) >= 11 is 4.91. The van der Waals surface area contributed by atoms with Crippen LogP contribution in [0.4, 0.5) is 5.69 Å². The van der Waals surface area contributed by atoms with Gasteiger partial charge in [-0.3, -0.25) is 0 Å². The zero-order valence-electron chi connectivity index (χ0n) is 15.5. The fourth-order valence-corrected chi connectivity index (χ4v) is 4.81. The van der Waals surface area contributed by atoms with Crippen LogP contribution in [0.15, 0.2) is 41.0 Å². The van der Waals surface area contributed by atoms with Crippen molar-refractivity contribution in [2.24, 2.45) is 5.92 Å². The summed E-state index contributed by atoms with van der Waals surface area (Å²) in [4.78, 5) is 12.4. The number of fused-ring (bicyclic) bond motifs is 1. The van der Waals surface area contributed by atoms with Gasteiger partial charge in [0.1, 0.15) is 15.0 Å². The lowest BCUT2D eigenvalue weighted by Gasteiger charge is -2.33. The van der Waals surface area contributed by atoms with E-state index in [0.29, 0.717) is 0 Å². The Hall–Kier alpha value is -1.66. The second-order valence-corrected chi connectivity index (χ2v) is 8.78. The van der Waals surface area contributed by atoms with Crippen molar-refractivity contribution < 1.29 is 4.74 Å². The smallest absolute Gasteiger partial charge is 0.275 e. The number of hydrogen-bond donors (Lipinski definition) is 0. The Bertz CT molecular complexity index is 888. The second-order valence-electron chi connectivity index (χ2n) is 7.03. The van der Waals surface area contributed by atoms with Crippen molar-refractivity contribution in [1.29, 1.82) is 0 Å². The van der Waals surface area contributed by atoms with Crippen LogP contribution in [0.1, 0.15) is 31.7 Å². The first-order chi connectivity index (χ1) is 13.2. The maximum atomic E-state index is 5.91. The highest BCUT2D eigenvalue weighted by molar-refractivity contribution is 9.10. The van der Waals surface area contributed by atoms with Gasteiger partial charge in [-0.15, -0.1) is 0 Å². The summed E-state index contributed by atoms with van der Waals surface area (Å²) in [5.41, 5.74) is 3.67. The average molecular weight is 446 g/mol. The van der Waals surface area contributed by atoms with E-state index in [1.807, 2.05) is 12.1 Å². The fraction of sp³-hybridized carbons (Fsp3) is 0.429. The Balaban J connectivity index is 1.24. The van der Waals surface area contributed by atoms with Gasteiger partial charge >= 0.3 is 0 Å². The molecular weight excluding hydrogens is 422 g/mol. The topological polar surface area (TPSA) is 38.2 Å². The van der Waals surface area contributed by atoms with Crippen LogP contribution in [0.25, 0.3) is 10.3 Å². The average Bonchev–Trinajstić information content (AvgIpc) is 3.10. The fourth-order valence-electron chi connectivity index (χ4n) is 3.57. The molecule has 6 heteroatoms. The first-order valence-corrected chi connectivity index (χ1v) is 11.2. The Kier molecular flexibility index (Phi) is 5.93. The normalized spacial score (nSPS) is 15.4. The molecule has 1 aliphatic rings. The first kappa shape index (κ1) is 18.7. The molecule has 3 heterocycles. The summed E-state index contributed by atoms with van der Waals surface area (Å²) < 4.78 is 6.74. The molecule has 2 aromatic heterocycles. The summed E-state index contributed by atoms with van der Waals surface area (Å²) in [7, 11) is 0. The molecule has 27 heavy (non-hydrogen) atoms. The van der Waals surface area contributed by atoms with Gasteiger partial charge in [0, 0.05) is 18.8 Å². The van der Waals surface area contributed by atoms with E-state index in [0.717, 1.165) is 58.6 Å². The number of hydrogen-bond acceptors (Lipinski definition) is 5. The molecule has 0 radical (unpaired) electrons. The minimum absolute atomic E-state index is 0.726. The van der Waals surface area contributed by atoms with Crippen molar-refractivity contribution in [1.82, 2.24) is 9.97 Å².